The van der Waals surface area contributed by atoms with Crippen LogP contribution in [0.25, 0.3) is 0 Å². The van der Waals surface area contributed by atoms with Crippen molar-refractivity contribution in [1.29, 1.82) is 0 Å². The number of rotatable bonds is 5. The summed E-state index contributed by atoms with van der Waals surface area (Å²) in [6, 6.07) is 6.87. The van der Waals surface area contributed by atoms with Gasteiger partial charge in [-0.1, -0.05) is 29.8 Å². The number of nitrogens with one attached hydrogen (secondary N) is 1. The molecule has 1 amide bonds. The average molecular weight is 390 g/mol. The standard InChI is InChI=1S/C20H27N3O3S/c1-16-7-9-19(10-8-16)27(25,26)23-13-11-18(12-14-23)20(24)22-21-15-17-5-3-2-4-6-17/h2-3,7-10,15,17-18H,4-6,11-14H2,1H3,(H,22,24)/b21-15-/t17-/m0/s1. The van der Waals surface area contributed by atoms with Crippen LogP contribution in [0.1, 0.15) is 37.7 Å². The predicted molar refractivity (Wildman–Crippen MR) is 106 cm³/mol. The summed E-state index contributed by atoms with van der Waals surface area (Å²) in [7, 11) is -3.49. The topological polar surface area (TPSA) is 78.8 Å². The highest BCUT2D eigenvalue weighted by atomic mass is 32.2. The quantitative estimate of drug-likeness (QED) is 0.478. The van der Waals surface area contributed by atoms with Crippen LogP contribution in [0.5, 0.6) is 0 Å². The van der Waals surface area contributed by atoms with Crippen molar-refractivity contribution in [3.05, 3.63) is 42.0 Å². The van der Waals surface area contributed by atoms with E-state index in [0.717, 1.165) is 24.8 Å². The van der Waals surface area contributed by atoms with Gasteiger partial charge in [-0.05, 0) is 57.1 Å². The number of carbonyl (C=O) groups is 1. The number of benzene rings is 1. The molecule has 7 heteroatoms. The van der Waals surface area contributed by atoms with Gasteiger partial charge >= 0.3 is 0 Å². The van der Waals surface area contributed by atoms with E-state index in [1.807, 2.05) is 13.1 Å². The first-order valence-electron chi connectivity index (χ1n) is 9.51. The molecule has 1 N–H and O–H groups in total. The van der Waals surface area contributed by atoms with E-state index in [4.69, 9.17) is 0 Å². The Bertz CT molecular complexity index is 807. The largest absolute Gasteiger partial charge is 0.273 e. The van der Waals surface area contributed by atoms with Gasteiger partial charge in [0.05, 0.1) is 4.90 Å². The van der Waals surface area contributed by atoms with Gasteiger partial charge in [-0.3, -0.25) is 4.79 Å². The summed E-state index contributed by atoms with van der Waals surface area (Å²) >= 11 is 0. The second-order valence-corrected chi connectivity index (χ2v) is 9.23. The van der Waals surface area contributed by atoms with Gasteiger partial charge in [0.25, 0.3) is 0 Å². The Labute approximate surface area is 161 Å². The van der Waals surface area contributed by atoms with E-state index in [-0.39, 0.29) is 11.8 Å². The molecule has 1 heterocycles. The van der Waals surface area contributed by atoms with Crippen molar-refractivity contribution in [2.45, 2.75) is 43.9 Å². The molecule has 1 aliphatic carbocycles. The van der Waals surface area contributed by atoms with Crippen molar-refractivity contribution in [1.82, 2.24) is 9.73 Å². The minimum absolute atomic E-state index is 0.120. The molecule has 0 aromatic heterocycles. The summed E-state index contributed by atoms with van der Waals surface area (Å²) in [6.45, 7) is 2.63. The van der Waals surface area contributed by atoms with Crippen molar-refractivity contribution in [2.24, 2.45) is 16.9 Å². The normalized spacial score (nSPS) is 22.2. The number of hydrogen-bond acceptors (Lipinski definition) is 4. The zero-order valence-corrected chi connectivity index (χ0v) is 16.5. The van der Waals surface area contributed by atoms with Crippen molar-refractivity contribution in [3.63, 3.8) is 0 Å². The van der Waals surface area contributed by atoms with Crippen LogP contribution in [0.2, 0.25) is 0 Å². The highest BCUT2D eigenvalue weighted by molar-refractivity contribution is 7.89. The van der Waals surface area contributed by atoms with Crippen LogP contribution >= 0.6 is 0 Å². The van der Waals surface area contributed by atoms with Gasteiger partial charge in [0.15, 0.2) is 0 Å². The molecule has 1 fully saturated rings. The highest BCUT2D eigenvalue weighted by Crippen LogP contribution is 2.24. The van der Waals surface area contributed by atoms with Crippen LogP contribution in [0.15, 0.2) is 46.4 Å². The lowest BCUT2D eigenvalue weighted by molar-refractivity contribution is -0.126. The molecule has 3 rings (SSSR count). The van der Waals surface area contributed by atoms with Gasteiger partial charge in [0.2, 0.25) is 15.9 Å². The van der Waals surface area contributed by atoms with Gasteiger partial charge in [-0.15, -0.1) is 0 Å². The molecular formula is C20H27N3O3S. The van der Waals surface area contributed by atoms with E-state index in [2.05, 4.69) is 22.7 Å². The SMILES string of the molecule is Cc1ccc(S(=O)(=O)N2CCC(C(=O)N/N=C\[C@H]3CC=CCC3)CC2)cc1. The summed E-state index contributed by atoms with van der Waals surface area (Å²) in [5.41, 5.74) is 3.65. The third kappa shape index (κ3) is 5.05. The number of hydrogen-bond donors (Lipinski definition) is 1. The molecule has 6 nitrogen and oxygen atoms in total. The molecule has 0 saturated carbocycles. The monoisotopic (exact) mass is 389 g/mol. The molecule has 0 spiro atoms. The van der Waals surface area contributed by atoms with E-state index in [0.29, 0.717) is 36.7 Å². The van der Waals surface area contributed by atoms with E-state index in [1.165, 1.54) is 4.31 Å². The maximum Gasteiger partial charge on any atom is 0.243 e. The predicted octanol–water partition coefficient (Wildman–Crippen LogP) is 2.85. The van der Waals surface area contributed by atoms with E-state index < -0.39 is 10.0 Å². The first-order chi connectivity index (χ1) is 13.0. The number of sulfonamides is 1. The number of aryl methyl sites for hydroxylation is 1. The fourth-order valence-electron chi connectivity index (χ4n) is 3.47. The lowest BCUT2D eigenvalue weighted by atomic mass is 9.96. The maximum atomic E-state index is 12.7. The number of piperidine rings is 1. The number of nitrogens with zero attached hydrogens (tertiary/aromatic N) is 2. The summed E-state index contributed by atoms with van der Waals surface area (Å²) in [5, 5.41) is 4.10. The minimum Gasteiger partial charge on any atom is -0.273 e. The Hall–Kier alpha value is -1.99. The van der Waals surface area contributed by atoms with Crippen molar-refractivity contribution in [3.8, 4) is 0 Å². The molecule has 1 atom stereocenters. The molecule has 27 heavy (non-hydrogen) atoms. The third-order valence-electron chi connectivity index (χ3n) is 5.25. The highest BCUT2D eigenvalue weighted by Gasteiger charge is 2.32. The van der Waals surface area contributed by atoms with Crippen molar-refractivity contribution >= 4 is 22.1 Å². The van der Waals surface area contributed by atoms with Gasteiger partial charge < -0.3 is 0 Å². The fourth-order valence-corrected chi connectivity index (χ4v) is 4.94. The number of amides is 1. The number of carbonyl (C=O) groups excluding carboxylic acids is 1. The van der Waals surface area contributed by atoms with Gasteiger partial charge in [0.1, 0.15) is 0 Å². The molecule has 146 valence electrons. The van der Waals surface area contributed by atoms with Crippen LogP contribution in [-0.2, 0) is 14.8 Å². The summed E-state index contributed by atoms with van der Waals surface area (Å²) in [4.78, 5) is 12.6. The van der Waals surface area contributed by atoms with Crippen molar-refractivity contribution < 1.29 is 13.2 Å². The second-order valence-electron chi connectivity index (χ2n) is 7.29. The molecule has 1 aliphatic heterocycles. The summed E-state index contributed by atoms with van der Waals surface area (Å²) in [6.07, 6.45) is 10.2. The Balaban J connectivity index is 1.50. The Kier molecular flexibility index (Phi) is 6.44. The number of hydrazone groups is 1. The lowest BCUT2D eigenvalue weighted by Gasteiger charge is -2.30. The van der Waals surface area contributed by atoms with Gasteiger partial charge in [0, 0.05) is 25.2 Å². The third-order valence-corrected chi connectivity index (χ3v) is 7.17. The van der Waals surface area contributed by atoms with E-state index in [9.17, 15) is 13.2 Å². The van der Waals surface area contributed by atoms with Crippen LogP contribution in [0.3, 0.4) is 0 Å². The van der Waals surface area contributed by atoms with Gasteiger partial charge in [-0.25, -0.2) is 13.8 Å². The lowest BCUT2D eigenvalue weighted by Crippen LogP contribution is -2.42. The Morgan fingerprint density at radius 3 is 2.48 bits per heavy atom. The average Bonchev–Trinajstić information content (AvgIpc) is 2.69. The first kappa shape index (κ1) is 19.8. The molecule has 0 bridgehead atoms. The minimum atomic E-state index is -3.49. The number of allylic oxidation sites excluding steroid dienone is 2. The van der Waals surface area contributed by atoms with Crippen LogP contribution in [-0.4, -0.2) is 37.9 Å². The van der Waals surface area contributed by atoms with Crippen LogP contribution < -0.4 is 5.43 Å². The van der Waals surface area contributed by atoms with E-state index in [1.54, 1.807) is 24.3 Å². The zero-order valence-electron chi connectivity index (χ0n) is 15.7. The smallest absolute Gasteiger partial charge is 0.243 e. The second kappa shape index (κ2) is 8.80. The molecule has 2 aliphatic rings. The first-order valence-corrected chi connectivity index (χ1v) is 11.0. The molecular weight excluding hydrogens is 362 g/mol. The maximum absolute atomic E-state index is 12.7. The van der Waals surface area contributed by atoms with Crippen molar-refractivity contribution in [2.75, 3.05) is 13.1 Å². The molecule has 1 aromatic carbocycles. The zero-order chi connectivity index (χ0) is 19.3. The van der Waals surface area contributed by atoms with Crippen LogP contribution in [0, 0.1) is 18.8 Å². The molecule has 0 unspecified atom stereocenters. The Morgan fingerprint density at radius 2 is 1.85 bits per heavy atom. The van der Waals surface area contributed by atoms with Gasteiger partial charge in [-0.2, -0.15) is 9.41 Å². The van der Waals surface area contributed by atoms with E-state index >= 15 is 0 Å². The van der Waals surface area contributed by atoms with Crippen LogP contribution in [0.4, 0.5) is 0 Å². The Morgan fingerprint density at radius 1 is 1.15 bits per heavy atom. The molecule has 1 saturated heterocycles. The molecule has 1 aromatic rings. The summed E-state index contributed by atoms with van der Waals surface area (Å²) in [5.74, 6) is 0.0691. The summed E-state index contributed by atoms with van der Waals surface area (Å²) < 4.78 is 26.9. The fraction of sp³-hybridized carbons (Fsp3) is 0.500. The molecule has 0 radical (unpaired) electrons.